The van der Waals surface area contributed by atoms with E-state index < -0.39 is 11.9 Å². The predicted octanol–water partition coefficient (Wildman–Crippen LogP) is -1.86. The number of ether oxygens (including phenoxy) is 1. The van der Waals surface area contributed by atoms with E-state index in [0.29, 0.717) is 52.4 Å². The minimum absolute atomic E-state index is 0.00836. The monoisotopic (exact) mass is 416 g/mol. The van der Waals surface area contributed by atoms with Crippen molar-refractivity contribution in [2.45, 2.75) is 6.92 Å². The second kappa shape index (κ2) is 13.2. The van der Waals surface area contributed by atoms with Crippen molar-refractivity contribution in [3.8, 4) is 0 Å². The van der Waals surface area contributed by atoms with Crippen molar-refractivity contribution in [1.82, 2.24) is 19.6 Å². The smallest absolute Gasteiger partial charge is 0.319 e. The average Bonchev–Trinajstić information content (AvgIpc) is 2.62. The largest absolute Gasteiger partial charge is 0.480 e. The van der Waals surface area contributed by atoms with E-state index in [1.165, 1.54) is 14.0 Å². The van der Waals surface area contributed by atoms with Gasteiger partial charge < -0.3 is 14.9 Å². The number of aliphatic carboxylic acids is 2. The molecule has 1 saturated heterocycles. The van der Waals surface area contributed by atoms with Gasteiger partial charge in [0.2, 0.25) is 0 Å². The molecular formula is C18H32N4O7. The van der Waals surface area contributed by atoms with Gasteiger partial charge in [-0.05, 0) is 6.92 Å². The Bertz CT molecular complexity index is 540. The lowest BCUT2D eigenvalue weighted by Crippen LogP contribution is -2.49. The zero-order chi connectivity index (χ0) is 21.8. The SMILES string of the molecule is COC(=O)CN1CCN(CC(C)=O)CCN(CC(=O)O)CCN(CC(=O)O)CC1. The van der Waals surface area contributed by atoms with E-state index in [1.807, 2.05) is 9.80 Å². The maximum absolute atomic E-state index is 11.7. The molecular weight excluding hydrogens is 384 g/mol. The highest BCUT2D eigenvalue weighted by Gasteiger charge is 2.20. The first kappa shape index (κ1) is 25.0. The normalized spacial score (nSPS) is 19.1. The summed E-state index contributed by atoms with van der Waals surface area (Å²) in [5.41, 5.74) is 0. The van der Waals surface area contributed by atoms with E-state index in [2.05, 4.69) is 0 Å². The molecule has 0 atom stereocenters. The van der Waals surface area contributed by atoms with Gasteiger partial charge in [-0.25, -0.2) is 0 Å². The summed E-state index contributed by atoms with van der Waals surface area (Å²) >= 11 is 0. The molecule has 166 valence electrons. The van der Waals surface area contributed by atoms with E-state index in [9.17, 15) is 19.2 Å². The van der Waals surface area contributed by atoms with Crippen molar-refractivity contribution in [2.24, 2.45) is 0 Å². The molecule has 1 aliphatic heterocycles. The Morgan fingerprint density at radius 2 is 0.966 bits per heavy atom. The van der Waals surface area contributed by atoms with Crippen LogP contribution in [-0.2, 0) is 23.9 Å². The van der Waals surface area contributed by atoms with E-state index in [4.69, 9.17) is 14.9 Å². The first-order valence-corrected chi connectivity index (χ1v) is 9.59. The molecule has 29 heavy (non-hydrogen) atoms. The molecule has 0 aromatic heterocycles. The highest BCUT2D eigenvalue weighted by atomic mass is 16.5. The summed E-state index contributed by atoms with van der Waals surface area (Å²) < 4.78 is 4.74. The standard InChI is InChI=1S/C18H32N4O7/c1-15(23)11-19-3-5-20(12-16(24)25)6-7-21(13-17(26)27)8-10-22(9-4-19)14-18(28)29-2/h3-14H2,1-2H3,(H,24,25)(H,26,27). The Labute approximate surface area is 170 Å². The number of methoxy groups -OCH3 is 1. The predicted molar refractivity (Wildman–Crippen MR) is 104 cm³/mol. The molecule has 1 rings (SSSR count). The quantitative estimate of drug-likeness (QED) is 0.432. The lowest BCUT2D eigenvalue weighted by atomic mass is 10.3. The summed E-state index contributed by atoms with van der Waals surface area (Å²) in [6, 6.07) is 0. The third kappa shape index (κ3) is 11.5. The molecule has 0 amide bonds. The lowest BCUT2D eigenvalue weighted by molar-refractivity contribution is -0.142. The molecule has 1 heterocycles. The third-order valence-electron chi connectivity index (χ3n) is 4.67. The Morgan fingerprint density at radius 1 is 0.655 bits per heavy atom. The highest BCUT2D eigenvalue weighted by molar-refractivity contribution is 5.77. The molecule has 0 aromatic carbocycles. The summed E-state index contributed by atoms with van der Waals surface area (Å²) in [7, 11) is 1.31. The van der Waals surface area contributed by atoms with Crippen molar-refractivity contribution < 1.29 is 34.1 Å². The number of nitrogens with zero attached hydrogens (tertiary/aromatic N) is 4. The van der Waals surface area contributed by atoms with Gasteiger partial charge >= 0.3 is 17.9 Å². The molecule has 0 bridgehead atoms. The Morgan fingerprint density at radius 3 is 1.24 bits per heavy atom. The molecule has 0 aliphatic carbocycles. The first-order valence-electron chi connectivity index (χ1n) is 9.59. The molecule has 0 unspecified atom stereocenters. The minimum atomic E-state index is -0.964. The zero-order valence-electron chi connectivity index (χ0n) is 17.2. The fraction of sp³-hybridized carbons (Fsp3) is 0.778. The minimum Gasteiger partial charge on any atom is -0.480 e. The average molecular weight is 416 g/mol. The number of carboxylic acid groups (broad SMARTS) is 2. The number of hydrogen-bond donors (Lipinski definition) is 2. The van der Waals surface area contributed by atoms with Crippen LogP contribution in [0.3, 0.4) is 0 Å². The first-order chi connectivity index (χ1) is 13.7. The fourth-order valence-corrected chi connectivity index (χ4v) is 3.16. The molecule has 1 fully saturated rings. The third-order valence-corrected chi connectivity index (χ3v) is 4.67. The van der Waals surface area contributed by atoms with Gasteiger partial charge in [0.05, 0.1) is 33.3 Å². The van der Waals surface area contributed by atoms with Crippen molar-refractivity contribution in [2.75, 3.05) is 85.6 Å². The number of Topliss-reactive ketones (excluding diaryl/α,β-unsaturated/α-hetero) is 1. The molecule has 0 radical (unpaired) electrons. The van der Waals surface area contributed by atoms with Crippen LogP contribution in [0.25, 0.3) is 0 Å². The maximum atomic E-state index is 11.7. The Kier molecular flexibility index (Phi) is 11.4. The van der Waals surface area contributed by atoms with Crippen LogP contribution in [0.5, 0.6) is 0 Å². The molecule has 0 saturated carbocycles. The van der Waals surface area contributed by atoms with Crippen molar-refractivity contribution in [3.63, 3.8) is 0 Å². The number of esters is 1. The van der Waals surface area contributed by atoms with Crippen LogP contribution in [0.1, 0.15) is 6.92 Å². The molecule has 0 spiro atoms. The van der Waals surface area contributed by atoms with E-state index in [0.717, 1.165) is 0 Å². The van der Waals surface area contributed by atoms with Crippen LogP contribution in [-0.4, -0.2) is 139 Å². The van der Waals surface area contributed by atoms with Gasteiger partial charge in [-0.1, -0.05) is 0 Å². The maximum Gasteiger partial charge on any atom is 0.319 e. The summed E-state index contributed by atoms with van der Waals surface area (Å²) in [5, 5.41) is 18.3. The van der Waals surface area contributed by atoms with Gasteiger partial charge in [-0.2, -0.15) is 0 Å². The van der Waals surface area contributed by atoms with Gasteiger partial charge in [-0.3, -0.25) is 38.8 Å². The van der Waals surface area contributed by atoms with Crippen LogP contribution in [0, 0.1) is 0 Å². The summed E-state index contributed by atoms with van der Waals surface area (Å²) in [4.78, 5) is 53.0. The summed E-state index contributed by atoms with van der Waals surface area (Å²) in [5.74, 6) is -2.29. The van der Waals surface area contributed by atoms with E-state index in [1.54, 1.807) is 9.80 Å². The fourth-order valence-electron chi connectivity index (χ4n) is 3.16. The van der Waals surface area contributed by atoms with Gasteiger partial charge in [-0.15, -0.1) is 0 Å². The van der Waals surface area contributed by atoms with Crippen LogP contribution in [0.2, 0.25) is 0 Å². The summed E-state index contributed by atoms with van der Waals surface area (Å²) in [6.45, 7) is 5.13. The molecule has 2 N–H and O–H groups in total. The van der Waals surface area contributed by atoms with Gasteiger partial charge in [0, 0.05) is 52.4 Å². The highest BCUT2D eigenvalue weighted by Crippen LogP contribution is 2.02. The van der Waals surface area contributed by atoms with Gasteiger partial charge in [0.1, 0.15) is 5.78 Å². The van der Waals surface area contributed by atoms with Gasteiger partial charge in [0.25, 0.3) is 0 Å². The second-order valence-electron chi connectivity index (χ2n) is 7.17. The molecule has 0 aromatic rings. The van der Waals surface area contributed by atoms with E-state index in [-0.39, 0.29) is 37.9 Å². The topological polar surface area (TPSA) is 131 Å². The number of hydrogen-bond acceptors (Lipinski definition) is 9. The second-order valence-corrected chi connectivity index (χ2v) is 7.17. The molecule has 11 heteroatoms. The summed E-state index contributed by atoms with van der Waals surface area (Å²) in [6.07, 6.45) is 0. The van der Waals surface area contributed by atoms with Crippen LogP contribution in [0.4, 0.5) is 0 Å². The van der Waals surface area contributed by atoms with E-state index >= 15 is 0 Å². The van der Waals surface area contributed by atoms with Crippen LogP contribution >= 0.6 is 0 Å². The van der Waals surface area contributed by atoms with Crippen molar-refractivity contribution in [1.29, 1.82) is 0 Å². The lowest BCUT2D eigenvalue weighted by Gasteiger charge is -2.32. The van der Waals surface area contributed by atoms with Gasteiger partial charge in [0.15, 0.2) is 0 Å². The van der Waals surface area contributed by atoms with Crippen molar-refractivity contribution in [3.05, 3.63) is 0 Å². The molecule has 11 nitrogen and oxygen atoms in total. The van der Waals surface area contributed by atoms with Crippen LogP contribution in [0.15, 0.2) is 0 Å². The molecule has 1 aliphatic rings. The zero-order valence-corrected chi connectivity index (χ0v) is 17.2. The number of rotatable bonds is 8. The number of ketones is 1. The number of carbonyl (C=O) groups excluding carboxylic acids is 2. The number of carbonyl (C=O) groups is 4. The Hall–Kier alpha value is -2.08. The number of carboxylic acids is 2. The van der Waals surface area contributed by atoms with Crippen LogP contribution < -0.4 is 0 Å². The Balaban J connectivity index is 2.92. The van der Waals surface area contributed by atoms with Crippen molar-refractivity contribution >= 4 is 23.7 Å².